The number of hydrogen-bond acceptors (Lipinski definition) is 5. The van der Waals surface area contributed by atoms with Gasteiger partial charge in [-0.25, -0.2) is 9.97 Å². The van der Waals surface area contributed by atoms with E-state index in [4.69, 9.17) is 0 Å². The van der Waals surface area contributed by atoms with E-state index in [-0.39, 0.29) is 5.65 Å². The fraction of sp³-hybridized carbons (Fsp3) is 0.125. The number of nitrogens with zero attached hydrogens (tertiary/aromatic N) is 3. The van der Waals surface area contributed by atoms with Crippen LogP contribution in [0, 0.1) is 0 Å². The van der Waals surface area contributed by atoms with Crippen LogP contribution in [0.3, 0.4) is 0 Å². The van der Waals surface area contributed by atoms with E-state index >= 15 is 0 Å². The molecule has 14 heavy (non-hydrogen) atoms. The van der Waals surface area contributed by atoms with E-state index < -0.39 is 5.56 Å². The smallest absolute Gasteiger partial charge is 0.284 e. The van der Waals surface area contributed by atoms with Crippen LogP contribution in [0.4, 0.5) is 0 Å². The number of pyridine rings is 1. The van der Waals surface area contributed by atoms with Gasteiger partial charge in [-0.3, -0.25) is 4.79 Å². The second-order valence-corrected chi connectivity index (χ2v) is 3.39. The van der Waals surface area contributed by atoms with Crippen molar-refractivity contribution in [1.82, 2.24) is 14.7 Å². The van der Waals surface area contributed by atoms with Crippen molar-refractivity contribution in [1.29, 1.82) is 0 Å². The average Bonchev–Trinajstić information content (AvgIpc) is 2.23. The Hall–Kier alpha value is -1.56. The average molecular weight is 209 g/mol. The van der Waals surface area contributed by atoms with Gasteiger partial charge < -0.3 is 5.21 Å². The van der Waals surface area contributed by atoms with Crippen molar-refractivity contribution < 1.29 is 5.21 Å². The summed E-state index contributed by atoms with van der Waals surface area (Å²) in [5.74, 6) is 0. The highest BCUT2D eigenvalue weighted by molar-refractivity contribution is 7.98. The van der Waals surface area contributed by atoms with Gasteiger partial charge in [0.1, 0.15) is 0 Å². The summed E-state index contributed by atoms with van der Waals surface area (Å²) >= 11 is 1.35. The van der Waals surface area contributed by atoms with Crippen LogP contribution in [-0.2, 0) is 0 Å². The van der Waals surface area contributed by atoms with E-state index in [0.717, 1.165) is 0 Å². The molecule has 5 nitrogen and oxygen atoms in total. The number of thioether (sulfide) groups is 1. The van der Waals surface area contributed by atoms with Gasteiger partial charge in [0.05, 0.1) is 0 Å². The van der Waals surface area contributed by atoms with Crippen LogP contribution in [0.2, 0.25) is 0 Å². The Morgan fingerprint density at radius 1 is 1.50 bits per heavy atom. The second-order valence-electron chi connectivity index (χ2n) is 2.62. The molecule has 0 aliphatic heterocycles. The maximum atomic E-state index is 11.1. The summed E-state index contributed by atoms with van der Waals surface area (Å²) in [5, 5.41) is 10.5. The fourth-order valence-electron chi connectivity index (χ4n) is 1.09. The second kappa shape index (κ2) is 3.30. The maximum absolute atomic E-state index is 11.1. The minimum absolute atomic E-state index is 0.233. The monoisotopic (exact) mass is 209 g/mol. The summed E-state index contributed by atoms with van der Waals surface area (Å²) in [5.41, 5.74) is -0.264. The third-order valence-electron chi connectivity index (χ3n) is 1.77. The van der Waals surface area contributed by atoms with Gasteiger partial charge in [-0.15, -0.1) is 4.73 Å². The summed E-state index contributed by atoms with van der Waals surface area (Å²) < 4.78 is 0.525. The summed E-state index contributed by atoms with van der Waals surface area (Å²) in [6.45, 7) is 0. The van der Waals surface area contributed by atoms with Crippen molar-refractivity contribution in [3.05, 3.63) is 28.7 Å². The van der Waals surface area contributed by atoms with E-state index in [0.29, 0.717) is 15.3 Å². The quantitative estimate of drug-likeness (QED) is 0.426. The minimum Gasteiger partial charge on any atom is -0.423 e. The van der Waals surface area contributed by atoms with Crippen LogP contribution >= 0.6 is 11.8 Å². The van der Waals surface area contributed by atoms with E-state index in [1.54, 1.807) is 12.3 Å². The van der Waals surface area contributed by atoms with Crippen molar-refractivity contribution >= 4 is 22.8 Å². The zero-order valence-electron chi connectivity index (χ0n) is 7.34. The molecule has 0 amide bonds. The summed E-state index contributed by atoms with van der Waals surface area (Å²) in [4.78, 5) is 19.1. The Kier molecular flexibility index (Phi) is 2.12. The first kappa shape index (κ1) is 9.01. The number of hydrogen-bond donors (Lipinski definition) is 1. The molecule has 6 heteroatoms. The predicted octanol–water partition coefficient (Wildman–Crippen LogP) is 0.751. The molecule has 1 N–H and O–H groups in total. The minimum atomic E-state index is -0.497. The molecule has 2 heterocycles. The van der Waals surface area contributed by atoms with E-state index in [1.165, 1.54) is 17.8 Å². The molecule has 2 rings (SSSR count). The zero-order valence-corrected chi connectivity index (χ0v) is 8.15. The molecule has 0 unspecified atom stereocenters. The van der Waals surface area contributed by atoms with Gasteiger partial charge in [0.2, 0.25) is 0 Å². The van der Waals surface area contributed by atoms with Crippen LogP contribution in [0.1, 0.15) is 0 Å². The highest BCUT2D eigenvalue weighted by Crippen LogP contribution is 2.12. The highest BCUT2D eigenvalue weighted by Gasteiger charge is 2.04. The Balaban J connectivity index is 2.84. The molecule has 0 bridgehead atoms. The van der Waals surface area contributed by atoms with Gasteiger partial charge in [-0.05, 0) is 12.3 Å². The standard InChI is InChI=1S/C8H7N3O2S/c1-14-8-9-4-5-2-3-6(12)11(13)7(5)10-8/h2-4,13H,1H3. The summed E-state index contributed by atoms with van der Waals surface area (Å²) in [7, 11) is 0. The topological polar surface area (TPSA) is 68.0 Å². The predicted molar refractivity (Wildman–Crippen MR) is 52.8 cm³/mol. The fourth-order valence-corrected chi connectivity index (χ4v) is 1.42. The molecule has 72 valence electrons. The van der Waals surface area contributed by atoms with Gasteiger partial charge in [0.25, 0.3) is 5.56 Å². The lowest BCUT2D eigenvalue weighted by atomic mass is 10.3. The van der Waals surface area contributed by atoms with Crippen LogP contribution in [-0.4, -0.2) is 26.2 Å². The Morgan fingerprint density at radius 3 is 3.00 bits per heavy atom. The third-order valence-corrected chi connectivity index (χ3v) is 2.33. The normalized spacial score (nSPS) is 10.6. The molecule has 0 atom stereocenters. The van der Waals surface area contributed by atoms with E-state index in [1.807, 2.05) is 6.26 Å². The Bertz CT molecular complexity index is 538. The summed E-state index contributed by atoms with van der Waals surface area (Å²) in [6, 6.07) is 2.85. The lowest BCUT2D eigenvalue weighted by Crippen LogP contribution is -2.17. The number of aromatic nitrogens is 3. The van der Waals surface area contributed by atoms with Crippen LogP contribution in [0.5, 0.6) is 0 Å². The van der Waals surface area contributed by atoms with Gasteiger partial charge in [-0.2, -0.15) is 0 Å². The first-order valence-electron chi connectivity index (χ1n) is 3.84. The Morgan fingerprint density at radius 2 is 2.29 bits per heavy atom. The molecule has 2 aromatic heterocycles. The van der Waals surface area contributed by atoms with E-state index in [2.05, 4.69) is 9.97 Å². The van der Waals surface area contributed by atoms with Crippen LogP contribution in [0.25, 0.3) is 11.0 Å². The SMILES string of the molecule is CSc1ncc2ccc(=O)n(O)c2n1. The molecular formula is C8H7N3O2S. The molecule has 0 fully saturated rings. The summed E-state index contributed by atoms with van der Waals surface area (Å²) in [6.07, 6.45) is 3.39. The maximum Gasteiger partial charge on any atom is 0.284 e. The Labute approximate surface area is 83.4 Å². The van der Waals surface area contributed by atoms with Gasteiger partial charge in [0.15, 0.2) is 10.8 Å². The van der Waals surface area contributed by atoms with Gasteiger partial charge in [-0.1, -0.05) is 11.8 Å². The van der Waals surface area contributed by atoms with Crippen molar-refractivity contribution in [2.45, 2.75) is 5.16 Å². The van der Waals surface area contributed by atoms with Crippen molar-refractivity contribution in [2.24, 2.45) is 0 Å². The van der Waals surface area contributed by atoms with Gasteiger partial charge in [0, 0.05) is 17.6 Å². The molecule has 0 aromatic carbocycles. The van der Waals surface area contributed by atoms with E-state index in [9.17, 15) is 10.0 Å². The third kappa shape index (κ3) is 1.33. The largest absolute Gasteiger partial charge is 0.423 e. The van der Waals surface area contributed by atoms with Crippen LogP contribution < -0.4 is 5.56 Å². The molecule has 0 aliphatic carbocycles. The number of fused-ring (bicyclic) bond motifs is 1. The lowest BCUT2D eigenvalue weighted by Gasteiger charge is -2.01. The lowest BCUT2D eigenvalue weighted by molar-refractivity contribution is 0.186. The molecule has 0 radical (unpaired) electrons. The first-order valence-corrected chi connectivity index (χ1v) is 5.07. The van der Waals surface area contributed by atoms with Gasteiger partial charge >= 0.3 is 0 Å². The van der Waals surface area contributed by atoms with Crippen LogP contribution in [0.15, 0.2) is 28.3 Å². The van der Waals surface area contributed by atoms with Crippen molar-refractivity contribution in [3.8, 4) is 0 Å². The molecule has 0 aliphatic rings. The zero-order chi connectivity index (χ0) is 10.1. The van der Waals surface area contributed by atoms with Crippen molar-refractivity contribution in [2.75, 3.05) is 6.26 Å². The molecular weight excluding hydrogens is 202 g/mol. The van der Waals surface area contributed by atoms with Crippen molar-refractivity contribution in [3.63, 3.8) is 0 Å². The molecule has 0 saturated carbocycles. The molecule has 2 aromatic rings. The number of rotatable bonds is 1. The highest BCUT2D eigenvalue weighted by atomic mass is 32.2. The molecule has 0 saturated heterocycles. The molecule has 0 spiro atoms. The first-order chi connectivity index (χ1) is 6.72.